The van der Waals surface area contributed by atoms with Crippen molar-refractivity contribution in [2.45, 2.75) is 12.7 Å². The van der Waals surface area contributed by atoms with E-state index in [1.165, 1.54) is 48.5 Å². The minimum Gasteiger partial charge on any atom is -0.398 e. The van der Waals surface area contributed by atoms with E-state index in [4.69, 9.17) is 17.3 Å². The fourth-order valence-corrected chi connectivity index (χ4v) is 3.00. The molecule has 0 amide bonds. The highest BCUT2D eigenvalue weighted by Crippen LogP contribution is 2.36. The van der Waals surface area contributed by atoms with Crippen molar-refractivity contribution in [1.29, 1.82) is 0 Å². The minimum absolute atomic E-state index is 0.0402. The van der Waals surface area contributed by atoms with Crippen molar-refractivity contribution in [3.05, 3.63) is 99.6 Å². The molecular formula is C21H14ClF5N2. The van der Waals surface area contributed by atoms with E-state index < -0.39 is 29.1 Å². The van der Waals surface area contributed by atoms with Crippen molar-refractivity contribution in [2.24, 2.45) is 4.99 Å². The summed E-state index contributed by atoms with van der Waals surface area (Å²) in [5, 5.41) is 0.129. The van der Waals surface area contributed by atoms with Gasteiger partial charge in [-0.2, -0.15) is 13.2 Å². The predicted molar refractivity (Wildman–Crippen MR) is 103 cm³/mol. The molecule has 0 fully saturated rings. The number of hydrogen-bond acceptors (Lipinski definition) is 2. The van der Waals surface area contributed by atoms with Gasteiger partial charge in [-0.25, -0.2) is 8.78 Å². The molecule has 29 heavy (non-hydrogen) atoms. The molecule has 2 N–H and O–H groups in total. The molecule has 0 saturated carbocycles. The average Bonchev–Trinajstić information content (AvgIpc) is 2.65. The second-order valence-corrected chi connectivity index (χ2v) is 6.58. The maximum absolute atomic E-state index is 13.3. The molecule has 3 aromatic rings. The van der Waals surface area contributed by atoms with Crippen LogP contribution in [0.2, 0.25) is 5.02 Å². The summed E-state index contributed by atoms with van der Waals surface area (Å²) in [5.74, 6) is -1.03. The van der Waals surface area contributed by atoms with Crippen LogP contribution >= 0.6 is 11.6 Å². The lowest BCUT2D eigenvalue weighted by molar-refractivity contribution is -0.136. The topological polar surface area (TPSA) is 38.4 Å². The van der Waals surface area contributed by atoms with Crippen LogP contribution in [0.5, 0.6) is 0 Å². The molecule has 0 heterocycles. The lowest BCUT2D eigenvalue weighted by Gasteiger charge is -2.16. The van der Waals surface area contributed by atoms with E-state index in [2.05, 4.69) is 4.99 Å². The van der Waals surface area contributed by atoms with E-state index in [0.717, 1.165) is 12.1 Å². The second kappa shape index (κ2) is 8.21. The van der Waals surface area contributed by atoms with E-state index in [0.29, 0.717) is 11.1 Å². The van der Waals surface area contributed by atoms with E-state index in [9.17, 15) is 22.0 Å². The number of rotatable bonds is 4. The number of halogens is 6. The minimum atomic E-state index is -4.64. The molecule has 0 unspecified atom stereocenters. The number of hydrogen-bond donors (Lipinski definition) is 1. The average molecular weight is 425 g/mol. The molecule has 0 aliphatic heterocycles. The molecule has 2 nitrogen and oxygen atoms in total. The van der Waals surface area contributed by atoms with Gasteiger partial charge in [0.15, 0.2) is 0 Å². The third kappa shape index (κ3) is 4.74. The van der Waals surface area contributed by atoms with Gasteiger partial charge < -0.3 is 5.73 Å². The summed E-state index contributed by atoms with van der Waals surface area (Å²) < 4.78 is 66.4. The fourth-order valence-electron chi connectivity index (χ4n) is 2.77. The summed E-state index contributed by atoms with van der Waals surface area (Å²) in [4.78, 5) is 4.38. The van der Waals surface area contributed by atoms with Gasteiger partial charge in [0, 0.05) is 16.1 Å². The van der Waals surface area contributed by atoms with Gasteiger partial charge in [-0.05, 0) is 48.0 Å². The number of nitrogen functional groups attached to an aromatic ring is 1. The molecule has 0 bridgehead atoms. The highest BCUT2D eigenvalue weighted by atomic mass is 35.5. The zero-order chi connectivity index (χ0) is 21.2. The van der Waals surface area contributed by atoms with Crippen molar-refractivity contribution in [3.8, 4) is 0 Å². The maximum Gasteiger partial charge on any atom is 0.418 e. The van der Waals surface area contributed by atoms with Crippen molar-refractivity contribution >= 4 is 23.0 Å². The van der Waals surface area contributed by atoms with E-state index in [1.54, 1.807) is 0 Å². The number of para-hydroxylation sites is 1. The van der Waals surface area contributed by atoms with Crippen LogP contribution in [-0.2, 0) is 12.7 Å². The van der Waals surface area contributed by atoms with Crippen LogP contribution in [0.4, 0.5) is 27.6 Å². The third-order valence-electron chi connectivity index (χ3n) is 4.21. The highest BCUT2D eigenvalue weighted by Gasteiger charge is 2.34. The first-order chi connectivity index (χ1) is 13.7. The summed E-state index contributed by atoms with van der Waals surface area (Å²) >= 11 is 6.01. The van der Waals surface area contributed by atoms with Crippen molar-refractivity contribution in [1.82, 2.24) is 0 Å². The van der Waals surface area contributed by atoms with Gasteiger partial charge in [-0.3, -0.25) is 4.99 Å². The van der Waals surface area contributed by atoms with E-state index in [1.807, 2.05) is 0 Å². The molecule has 0 aromatic heterocycles. The number of nitrogens with two attached hydrogens (primary N) is 1. The molecule has 0 aliphatic carbocycles. The van der Waals surface area contributed by atoms with Crippen LogP contribution in [0, 0.1) is 11.6 Å². The van der Waals surface area contributed by atoms with Crippen molar-refractivity contribution in [3.63, 3.8) is 0 Å². The largest absolute Gasteiger partial charge is 0.418 e. The number of anilines is 1. The predicted octanol–water partition coefficient (Wildman–Crippen LogP) is 6.26. The standard InChI is InChI=1S/C21H14ClF5N2/c22-18-10-15(24)9-6-13(18)11-29-20(12-4-7-14(23)8-5-12)16-2-1-3-17(19(16)28)21(25,26)27/h1-10H,11,28H2. The molecule has 3 aromatic carbocycles. The normalized spacial score (nSPS) is 12.3. The summed E-state index contributed by atoms with van der Waals surface area (Å²) in [6.07, 6.45) is -4.64. The summed E-state index contributed by atoms with van der Waals surface area (Å²) in [6.45, 7) is -0.0402. The fraction of sp³-hybridized carbons (Fsp3) is 0.0952. The number of aliphatic imine (C=N–C) groups is 1. The van der Waals surface area contributed by atoms with Gasteiger partial charge >= 0.3 is 6.18 Å². The van der Waals surface area contributed by atoms with E-state index in [-0.39, 0.29) is 22.8 Å². The summed E-state index contributed by atoms with van der Waals surface area (Å²) in [5.41, 5.74) is 5.34. The number of nitrogens with zero attached hydrogens (tertiary/aromatic N) is 1. The van der Waals surface area contributed by atoms with Crippen molar-refractivity contribution < 1.29 is 22.0 Å². The Morgan fingerprint density at radius 1 is 0.931 bits per heavy atom. The lowest BCUT2D eigenvalue weighted by Crippen LogP contribution is -2.14. The third-order valence-corrected chi connectivity index (χ3v) is 4.56. The zero-order valence-corrected chi connectivity index (χ0v) is 15.5. The van der Waals surface area contributed by atoms with Gasteiger partial charge in [0.05, 0.1) is 23.5 Å². The van der Waals surface area contributed by atoms with Crippen LogP contribution < -0.4 is 5.73 Å². The summed E-state index contributed by atoms with van der Waals surface area (Å²) in [7, 11) is 0. The van der Waals surface area contributed by atoms with E-state index >= 15 is 0 Å². The molecule has 0 radical (unpaired) electrons. The zero-order valence-electron chi connectivity index (χ0n) is 14.8. The van der Waals surface area contributed by atoms with Gasteiger partial charge in [-0.1, -0.05) is 29.8 Å². The number of alkyl halides is 3. The van der Waals surface area contributed by atoms with Crippen LogP contribution in [0.25, 0.3) is 0 Å². The Balaban J connectivity index is 2.13. The Kier molecular flexibility index (Phi) is 5.88. The molecule has 0 aliphatic rings. The molecular weight excluding hydrogens is 411 g/mol. The Labute approximate surface area is 168 Å². The lowest BCUT2D eigenvalue weighted by atomic mass is 9.97. The van der Waals surface area contributed by atoms with Crippen LogP contribution in [0.15, 0.2) is 65.7 Å². The quantitative estimate of drug-likeness (QED) is 0.300. The molecule has 3 rings (SSSR count). The smallest absolute Gasteiger partial charge is 0.398 e. The highest BCUT2D eigenvalue weighted by molar-refractivity contribution is 6.31. The van der Waals surface area contributed by atoms with Gasteiger partial charge in [0.2, 0.25) is 0 Å². The van der Waals surface area contributed by atoms with Gasteiger partial charge in [0.1, 0.15) is 11.6 Å². The van der Waals surface area contributed by atoms with Crippen molar-refractivity contribution in [2.75, 3.05) is 5.73 Å². The molecule has 8 heteroatoms. The molecule has 150 valence electrons. The van der Waals surface area contributed by atoms with Gasteiger partial charge in [-0.15, -0.1) is 0 Å². The first kappa shape index (κ1) is 20.8. The Morgan fingerprint density at radius 3 is 2.21 bits per heavy atom. The number of benzene rings is 3. The first-order valence-corrected chi connectivity index (χ1v) is 8.75. The molecule has 0 spiro atoms. The first-order valence-electron chi connectivity index (χ1n) is 8.37. The van der Waals surface area contributed by atoms with Gasteiger partial charge in [0.25, 0.3) is 0 Å². The SMILES string of the molecule is Nc1c(C(=NCc2ccc(F)cc2Cl)c2ccc(F)cc2)cccc1C(F)(F)F. The van der Waals surface area contributed by atoms with Crippen LogP contribution in [0.3, 0.4) is 0 Å². The van der Waals surface area contributed by atoms with Crippen LogP contribution in [0.1, 0.15) is 22.3 Å². The Bertz CT molecular complexity index is 1060. The summed E-state index contributed by atoms with van der Waals surface area (Å²) in [6, 6.07) is 12.4. The second-order valence-electron chi connectivity index (χ2n) is 6.17. The maximum atomic E-state index is 13.3. The van der Waals surface area contributed by atoms with Crippen LogP contribution in [-0.4, -0.2) is 5.71 Å². The monoisotopic (exact) mass is 424 g/mol. The Hall–Kier alpha value is -2.93. The molecule has 0 saturated heterocycles. The Morgan fingerprint density at radius 2 is 1.59 bits per heavy atom. The molecule has 0 atom stereocenters.